The van der Waals surface area contributed by atoms with Crippen LogP contribution < -0.4 is 0 Å². The van der Waals surface area contributed by atoms with Crippen molar-refractivity contribution in [1.82, 2.24) is 9.21 Å². The van der Waals surface area contributed by atoms with Crippen LogP contribution in [0.25, 0.3) is 0 Å². The van der Waals surface area contributed by atoms with E-state index in [0.717, 1.165) is 0 Å². The number of ether oxygens (including phenoxy) is 1. The standard InChI is InChI=1S/C11H19ClN2O4S/c1-11(2,3)18-10(15)13-4-8-6-14(19(12,16)17)7-9(8)5-13/h8-9H,4-7H2,1-3H3. The van der Waals surface area contributed by atoms with Crippen LogP contribution >= 0.6 is 10.7 Å². The van der Waals surface area contributed by atoms with E-state index in [2.05, 4.69) is 0 Å². The average Bonchev–Trinajstić information content (AvgIpc) is 2.68. The molecule has 0 radical (unpaired) electrons. The van der Waals surface area contributed by atoms with Gasteiger partial charge in [-0.1, -0.05) is 0 Å². The van der Waals surface area contributed by atoms with Crippen LogP contribution in [0.5, 0.6) is 0 Å². The Hall–Kier alpha value is -0.530. The van der Waals surface area contributed by atoms with E-state index >= 15 is 0 Å². The van der Waals surface area contributed by atoms with E-state index in [1.165, 1.54) is 4.31 Å². The summed E-state index contributed by atoms with van der Waals surface area (Å²) in [7, 11) is 1.69. The highest BCUT2D eigenvalue weighted by Gasteiger charge is 2.45. The van der Waals surface area contributed by atoms with Gasteiger partial charge in [-0.15, -0.1) is 0 Å². The summed E-state index contributed by atoms with van der Waals surface area (Å²) in [5.41, 5.74) is -0.514. The maximum absolute atomic E-state index is 11.9. The number of amides is 1. The second-order valence-corrected chi connectivity index (χ2v) is 8.68. The first-order chi connectivity index (χ1) is 8.56. The molecule has 0 N–H and O–H groups in total. The molecule has 8 heteroatoms. The van der Waals surface area contributed by atoms with E-state index in [4.69, 9.17) is 15.4 Å². The van der Waals surface area contributed by atoms with Gasteiger partial charge in [0.25, 0.3) is 9.24 Å². The Balaban J connectivity index is 1.93. The summed E-state index contributed by atoms with van der Waals surface area (Å²) in [6.07, 6.45) is -0.331. The van der Waals surface area contributed by atoms with Gasteiger partial charge in [-0.05, 0) is 32.6 Å². The molecule has 6 nitrogen and oxygen atoms in total. The molecule has 2 rings (SSSR count). The highest BCUT2D eigenvalue weighted by atomic mass is 35.7. The van der Waals surface area contributed by atoms with Crippen molar-refractivity contribution >= 4 is 26.0 Å². The molecule has 2 heterocycles. The SMILES string of the molecule is CC(C)(C)OC(=O)N1CC2CN(S(=O)(=O)Cl)CC2C1. The van der Waals surface area contributed by atoms with E-state index in [1.807, 2.05) is 20.8 Å². The molecule has 0 bridgehead atoms. The van der Waals surface area contributed by atoms with Crippen molar-refractivity contribution in [2.24, 2.45) is 11.8 Å². The van der Waals surface area contributed by atoms with Crippen molar-refractivity contribution in [2.45, 2.75) is 26.4 Å². The lowest BCUT2D eigenvalue weighted by atomic mass is 10.0. The summed E-state index contributed by atoms with van der Waals surface area (Å²) in [6, 6.07) is 0. The van der Waals surface area contributed by atoms with Crippen LogP contribution in [0.1, 0.15) is 20.8 Å². The molecule has 0 aromatic carbocycles. The van der Waals surface area contributed by atoms with E-state index in [1.54, 1.807) is 4.90 Å². The number of halogens is 1. The number of likely N-dealkylation sites (tertiary alicyclic amines) is 1. The molecule has 0 aromatic heterocycles. The summed E-state index contributed by atoms with van der Waals surface area (Å²) in [6.45, 7) is 7.30. The van der Waals surface area contributed by atoms with Crippen LogP contribution in [0.2, 0.25) is 0 Å². The molecule has 2 unspecified atom stereocenters. The molecule has 0 aliphatic carbocycles. The van der Waals surface area contributed by atoms with Gasteiger partial charge in [0, 0.05) is 36.9 Å². The van der Waals surface area contributed by atoms with Crippen molar-refractivity contribution in [2.75, 3.05) is 26.2 Å². The Kier molecular flexibility index (Phi) is 3.75. The predicted octanol–water partition coefficient (Wildman–Crippen LogP) is 1.27. The lowest BCUT2D eigenvalue weighted by Gasteiger charge is -2.25. The molecule has 0 aromatic rings. The molecule has 2 aliphatic rings. The third kappa shape index (κ3) is 3.52. The summed E-state index contributed by atoms with van der Waals surface area (Å²) in [4.78, 5) is 13.6. The minimum absolute atomic E-state index is 0.154. The van der Waals surface area contributed by atoms with Crippen molar-refractivity contribution in [1.29, 1.82) is 0 Å². The average molecular weight is 311 g/mol. The molecule has 2 fully saturated rings. The van der Waals surface area contributed by atoms with Crippen molar-refractivity contribution in [3.8, 4) is 0 Å². The van der Waals surface area contributed by atoms with Gasteiger partial charge in [-0.25, -0.2) is 4.79 Å². The fraction of sp³-hybridized carbons (Fsp3) is 0.909. The van der Waals surface area contributed by atoms with Crippen molar-refractivity contribution < 1.29 is 17.9 Å². The first-order valence-electron chi connectivity index (χ1n) is 6.24. The van der Waals surface area contributed by atoms with E-state index in [9.17, 15) is 13.2 Å². The van der Waals surface area contributed by atoms with Crippen LogP contribution in [0, 0.1) is 11.8 Å². The molecular weight excluding hydrogens is 292 g/mol. The highest BCUT2D eigenvalue weighted by molar-refractivity contribution is 8.11. The molecule has 2 aliphatic heterocycles. The number of carbonyl (C=O) groups excluding carboxylic acids is 1. The van der Waals surface area contributed by atoms with E-state index in [-0.39, 0.29) is 17.9 Å². The summed E-state index contributed by atoms with van der Waals surface area (Å²) in [5, 5.41) is 0. The molecule has 110 valence electrons. The number of carbonyl (C=O) groups is 1. The number of rotatable bonds is 1. The van der Waals surface area contributed by atoms with Gasteiger partial charge in [0.1, 0.15) is 5.60 Å². The first-order valence-corrected chi connectivity index (χ1v) is 8.50. The van der Waals surface area contributed by atoms with Crippen LogP contribution in [0.15, 0.2) is 0 Å². The summed E-state index contributed by atoms with van der Waals surface area (Å²) in [5.74, 6) is 0.307. The molecule has 1 amide bonds. The number of hydrogen-bond acceptors (Lipinski definition) is 4. The monoisotopic (exact) mass is 310 g/mol. The van der Waals surface area contributed by atoms with Gasteiger partial charge in [-0.3, -0.25) is 0 Å². The smallest absolute Gasteiger partial charge is 0.410 e. The highest BCUT2D eigenvalue weighted by Crippen LogP contribution is 2.33. The largest absolute Gasteiger partial charge is 0.444 e. The van der Waals surface area contributed by atoms with Gasteiger partial charge >= 0.3 is 6.09 Å². The van der Waals surface area contributed by atoms with Gasteiger partial charge in [0.05, 0.1) is 0 Å². The van der Waals surface area contributed by atoms with Crippen molar-refractivity contribution in [3.63, 3.8) is 0 Å². The number of hydrogen-bond donors (Lipinski definition) is 0. The fourth-order valence-electron chi connectivity index (χ4n) is 2.60. The first kappa shape index (κ1) is 14.9. The number of nitrogens with zero attached hydrogens (tertiary/aromatic N) is 2. The summed E-state index contributed by atoms with van der Waals surface area (Å²) < 4.78 is 29.1. The minimum Gasteiger partial charge on any atom is -0.444 e. The predicted molar refractivity (Wildman–Crippen MR) is 71.1 cm³/mol. The van der Waals surface area contributed by atoms with Gasteiger partial charge in [0.15, 0.2) is 0 Å². The zero-order chi connectivity index (χ0) is 14.4. The normalized spacial score (nSPS) is 28.5. The molecule has 2 saturated heterocycles. The topological polar surface area (TPSA) is 66.9 Å². The Labute approximate surface area is 118 Å². The van der Waals surface area contributed by atoms with Crippen molar-refractivity contribution in [3.05, 3.63) is 0 Å². The maximum atomic E-state index is 11.9. The Bertz CT molecular complexity index is 460. The van der Waals surface area contributed by atoms with Crippen LogP contribution in [-0.2, 0) is 14.0 Å². The quantitative estimate of drug-likeness (QED) is 0.684. The second kappa shape index (κ2) is 4.79. The van der Waals surface area contributed by atoms with E-state index in [0.29, 0.717) is 26.2 Å². The zero-order valence-electron chi connectivity index (χ0n) is 11.3. The Morgan fingerprint density at radius 1 is 1.16 bits per heavy atom. The fourth-order valence-corrected chi connectivity index (χ4v) is 3.68. The molecule has 0 spiro atoms. The maximum Gasteiger partial charge on any atom is 0.410 e. The molecule has 19 heavy (non-hydrogen) atoms. The van der Waals surface area contributed by atoms with Crippen LogP contribution in [-0.4, -0.2) is 55.5 Å². The molecule has 2 atom stereocenters. The van der Waals surface area contributed by atoms with Gasteiger partial charge in [0.2, 0.25) is 0 Å². The lowest BCUT2D eigenvalue weighted by molar-refractivity contribution is 0.0279. The number of fused-ring (bicyclic) bond motifs is 1. The third-order valence-corrected chi connectivity index (χ3v) is 4.91. The molecule has 0 saturated carbocycles. The Morgan fingerprint density at radius 2 is 1.63 bits per heavy atom. The van der Waals surface area contributed by atoms with Gasteiger partial charge < -0.3 is 9.64 Å². The summed E-state index contributed by atoms with van der Waals surface area (Å²) >= 11 is 0. The second-order valence-electron chi connectivity index (χ2n) is 6.16. The van der Waals surface area contributed by atoms with Crippen LogP contribution in [0.3, 0.4) is 0 Å². The Morgan fingerprint density at radius 3 is 2.00 bits per heavy atom. The molecular formula is C11H19ClN2O4S. The van der Waals surface area contributed by atoms with Gasteiger partial charge in [-0.2, -0.15) is 12.7 Å². The lowest BCUT2D eigenvalue weighted by Crippen LogP contribution is -2.37. The minimum atomic E-state index is -3.64. The van der Waals surface area contributed by atoms with Crippen LogP contribution in [0.4, 0.5) is 4.79 Å². The third-order valence-electron chi connectivity index (χ3n) is 3.41. The van der Waals surface area contributed by atoms with E-state index < -0.39 is 14.8 Å². The zero-order valence-corrected chi connectivity index (χ0v) is 12.9.